The summed E-state index contributed by atoms with van der Waals surface area (Å²) in [5.41, 5.74) is 2.22. The third-order valence-corrected chi connectivity index (χ3v) is 9.43. The van der Waals surface area contributed by atoms with E-state index in [0.29, 0.717) is 32.2 Å². The van der Waals surface area contributed by atoms with Gasteiger partial charge in [-0.15, -0.1) is 0 Å². The van der Waals surface area contributed by atoms with Crippen molar-refractivity contribution in [3.05, 3.63) is 0 Å². The van der Waals surface area contributed by atoms with E-state index < -0.39 is 30.0 Å². The molecule has 0 bridgehead atoms. The molecule has 0 aromatic heterocycles. The lowest BCUT2D eigenvalue weighted by molar-refractivity contribution is -0.142. The zero-order valence-corrected chi connectivity index (χ0v) is 36.2. The third-order valence-electron chi connectivity index (χ3n) is 9.43. The van der Waals surface area contributed by atoms with E-state index in [4.69, 9.17) is 35.0 Å². The molecule has 354 valence electrons. The largest absolute Gasteiger partial charge is 0.481 e. The second kappa shape index (κ2) is 41.4. The molecule has 0 spiro atoms. The molecule has 0 aliphatic heterocycles. The smallest absolute Gasteiger partial charge is 0.326 e. The van der Waals surface area contributed by atoms with Gasteiger partial charge >= 0.3 is 17.9 Å². The number of hydrogen-bond donors (Lipinski definition) is 9. The summed E-state index contributed by atoms with van der Waals surface area (Å²) in [4.78, 5) is 81.2. The van der Waals surface area contributed by atoms with Crippen LogP contribution in [-0.4, -0.2) is 141 Å². The van der Waals surface area contributed by atoms with Crippen LogP contribution in [0.2, 0.25) is 0 Å². The van der Waals surface area contributed by atoms with Gasteiger partial charge in [-0.25, -0.2) is 10.2 Å². The molecule has 0 saturated carbocycles. The molecular formula is C41H76N6O14. The summed E-state index contributed by atoms with van der Waals surface area (Å²) >= 11 is 0. The van der Waals surface area contributed by atoms with Crippen LogP contribution in [0.25, 0.3) is 0 Å². The number of hydrazine groups is 1. The normalized spacial score (nSPS) is 12.0. The number of ether oxygens (including phenoxy) is 4. The molecule has 0 fully saturated rings. The van der Waals surface area contributed by atoms with Gasteiger partial charge < -0.3 is 55.5 Å². The molecule has 0 heterocycles. The fourth-order valence-electron chi connectivity index (χ4n) is 5.95. The highest BCUT2D eigenvalue weighted by molar-refractivity contribution is 5.84. The van der Waals surface area contributed by atoms with E-state index in [1.807, 2.05) is 0 Å². The van der Waals surface area contributed by atoms with Crippen molar-refractivity contribution in [1.82, 2.24) is 26.7 Å². The average Bonchev–Trinajstić information content (AvgIpc) is 3.22. The van der Waals surface area contributed by atoms with E-state index in [1.54, 1.807) is 0 Å². The summed E-state index contributed by atoms with van der Waals surface area (Å²) in [7, 11) is 0. The van der Waals surface area contributed by atoms with Crippen molar-refractivity contribution < 1.29 is 67.8 Å². The van der Waals surface area contributed by atoms with Gasteiger partial charge in [0.1, 0.15) is 25.3 Å². The third kappa shape index (κ3) is 39.9. The lowest BCUT2D eigenvalue weighted by atomic mass is 10.0. The van der Waals surface area contributed by atoms with E-state index in [1.165, 1.54) is 38.5 Å². The Morgan fingerprint density at radius 2 is 0.836 bits per heavy atom. The number of carboxylic acid groups (broad SMARTS) is 3. The molecule has 0 aliphatic carbocycles. The van der Waals surface area contributed by atoms with Crippen LogP contribution in [-0.2, 0) is 52.5 Å². The number of rotatable bonds is 45. The molecule has 0 unspecified atom stereocenters. The van der Waals surface area contributed by atoms with Gasteiger partial charge in [-0.1, -0.05) is 77.0 Å². The zero-order chi connectivity index (χ0) is 45.2. The van der Waals surface area contributed by atoms with Crippen molar-refractivity contribution in [2.45, 2.75) is 147 Å². The molecule has 0 aliphatic rings. The van der Waals surface area contributed by atoms with Gasteiger partial charge in [-0.3, -0.25) is 34.6 Å². The predicted molar refractivity (Wildman–Crippen MR) is 225 cm³/mol. The van der Waals surface area contributed by atoms with Crippen molar-refractivity contribution >= 4 is 41.5 Å². The van der Waals surface area contributed by atoms with E-state index >= 15 is 0 Å². The second-order valence-electron chi connectivity index (χ2n) is 14.8. The molecule has 0 saturated heterocycles. The van der Waals surface area contributed by atoms with Crippen LogP contribution in [0.1, 0.15) is 135 Å². The van der Waals surface area contributed by atoms with Crippen LogP contribution in [0.4, 0.5) is 0 Å². The minimum absolute atomic E-state index is 0.0329. The van der Waals surface area contributed by atoms with Crippen molar-refractivity contribution in [2.75, 3.05) is 72.5 Å². The first-order valence-electron chi connectivity index (χ1n) is 22.0. The molecule has 20 nitrogen and oxygen atoms in total. The molecule has 61 heavy (non-hydrogen) atoms. The Labute approximate surface area is 360 Å². The van der Waals surface area contributed by atoms with Crippen LogP contribution >= 0.6 is 0 Å². The Kier molecular flexibility index (Phi) is 38.7. The molecule has 0 radical (unpaired) electrons. The summed E-state index contributed by atoms with van der Waals surface area (Å²) in [6.07, 6.45) is 16.9. The summed E-state index contributed by atoms with van der Waals surface area (Å²) < 4.78 is 21.2. The van der Waals surface area contributed by atoms with Gasteiger partial charge in [-0.05, 0) is 38.5 Å². The molecule has 20 heteroatoms. The topological polar surface area (TPSA) is 303 Å². The van der Waals surface area contributed by atoms with Gasteiger partial charge in [0.15, 0.2) is 0 Å². The molecule has 2 atom stereocenters. The van der Waals surface area contributed by atoms with E-state index in [2.05, 4.69) is 26.7 Å². The number of nitrogens with one attached hydrogen (secondary N) is 5. The maximum atomic E-state index is 12.3. The van der Waals surface area contributed by atoms with Crippen molar-refractivity contribution in [3.63, 3.8) is 0 Å². The Balaban J connectivity index is 3.65. The lowest BCUT2D eigenvalue weighted by Gasteiger charge is -2.14. The minimum Gasteiger partial charge on any atom is -0.481 e. The van der Waals surface area contributed by atoms with Gasteiger partial charge in [0.05, 0.1) is 39.6 Å². The highest BCUT2D eigenvalue weighted by Crippen LogP contribution is 2.14. The second-order valence-corrected chi connectivity index (χ2v) is 14.8. The maximum absolute atomic E-state index is 12.3. The summed E-state index contributed by atoms with van der Waals surface area (Å²) in [5.74, 6) is 0.912. The maximum Gasteiger partial charge on any atom is 0.326 e. The Hall–Kier alpha value is -3.95. The number of carbonyl (C=O) groups excluding carboxylic acids is 4. The highest BCUT2D eigenvalue weighted by Gasteiger charge is 2.21. The Morgan fingerprint density at radius 1 is 0.410 bits per heavy atom. The highest BCUT2D eigenvalue weighted by atomic mass is 16.5. The van der Waals surface area contributed by atoms with Gasteiger partial charge in [-0.2, -0.15) is 0 Å². The van der Waals surface area contributed by atoms with Crippen molar-refractivity contribution in [3.8, 4) is 0 Å². The number of carbonyl (C=O) groups is 7. The van der Waals surface area contributed by atoms with Gasteiger partial charge in [0.2, 0.25) is 23.6 Å². The van der Waals surface area contributed by atoms with Crippen LogP contribution in [0, 0.1) is 0 Å². The van der Waals surface area contributed by atoms with E-state index in [0.717, 1.165) is 44.9 Å². The Bertz CT molecular complexity index is 1200. The first kappa shape index (κ1) is 57.1. The average molecular weight is 877 g/mol. The lowest BCUT2D eigenvalue weighted by Crippen LogP contribution is -2.41. The van der Waals surface area contributed by atoms with Crippen molar-refractivity contribution in [2.24, 2.45) is 5.84 Å². The first-order chi connectivity index (χ1) is 29.5. The number of amides is 4. The van der Waals surface area contributed by atoms with Gasteiger partial charge in [0, 0.05) is 38.9 Å². The molecule has 0 aromatic carbocycles. The number of unbranched alkanes of at least 4 members (excludes halogenated alkanes) is 14. The fraction of sp³-hybridized carbons (Fsp3) is 0.829. The van der Waals surface area contributed by atoms with Crippen LogP contribution < -0.4 is 32.5 Å². The summed E-state index contributed by atoms with van der Waals surface area (Å²) in [6.45, 7) is 1.74. The SMILES string of the molecule is NN[C@@H](CCCCNC(=O)COCCOCCNC(=O)COCCOCCNC(=O)CC[C@H](NC(=O)CCCCCCCCCCCCCCCCC(=O)O)C(=O)O)C(=O)O. The predicted octanol–water partition coefficient (Wildman–Crippen LogP) is 2.16. The van der Waals surface area contributed by atoms with Gasteiger partial charge in [0.25, 0.3) is 0 Å². The monoisotopic (exact) mass is 877 g/mol. The number of hydrogen-bond acceptors (Lipinski definition) is 13. The zero-order valence-electron chi connectivity index (χ0n) is 36.2. The standard InChI is InChI=1S/C41H76N6O14/c42-47-34(41(56)57)17-15-16-22-43-37(50)31-60-29-28-59-26-24-45-38(51)32-61-30-27-58-25-23-44-35(48)21-20-33(40(54)55)46-36(49)18-13-11-9-7-5-3-1-2-4-6-8-10-12-14-19-39(52)53/h33-34,47H,1-32,42H2,(H,43,50)(H,44,48)(H,45,51)(H,46,49)(H,52,53)(H,54,55)(H,56,57)/t33-,34-/m0/s1. The van der Waals surface area contributed by atoms with Crippen LogP contribution in [0.3, 0.4) is 0 Å². The number of nitrogens with two attached hydrogens (primary N) is 1. The molecule has 10 N–H and O–H groups in total. The minimum atomic E-state index is -1.19. The molecule has 4 amide bonds. The summed E-state index contributed by atoms with van der Waals surface area (Å²) in [5, 5.41) is 37.6. The van der Waals surface area contributed by atoms with E-state index in [-0.39, 0.29) is 115 Å². The first-order valence-corrected chi connectivity index (χ1v) is 22.0. The molecule has 0 rings (SSSR count). The number of carboxylic acids is 3. The summed E-state index contributed by atoms with van der Waals surface area (Å²) in [6, 6.07) is -1.96. The quantitative estimate of drug-likeness (QED) is 0.0241. The Morgan fingerprint density at radius 3 is 1.30 bits per heavy atom. The fourth-order valence-corrected chi connectivity index (χ4v) is 5.95. The van der Waals surface area contributed by atoms with E-state index in [9.17, 15) is 38.7 Å². The van der Waals surface area contributed by atoms with Crippen LogP contribution in [0.5, 0.6) is 0 Å². The van der Waals surface area contributed by atoms with Crippen molar-refractivity contribution in [1.29, 1.82) is 0 Å². The molecular weight excluding hydrogens is 800 g/mol. The van der Waals surface area contributed by atoms with Crippen LogP contribution in [0.15, 0.2) is 0 Å². The molecule has 0 aromatic rings. The number of aliphatic carboxylic acids is 3.